The monoisotopic (exact) mass is 189 g/mol. The third-order valence-electron chi connectivity index (χ3n) is 2.32. The molecule has 0 heterocycles. The van der Waals surface area contributed by atoms with Crippen molar-refractivity contribution in [2.75, 3.05) is 19.8 Å². The molecule has 3 heteroatoms. The molecular weight excluding hydrogens is 166 g/mol. The van der Waals surface area contributed by atoms with Crippen LogP contribution in [0.15, 0.2) is 0 Å². The largest absolute Gasteiger partial charge is 0.389 e. The Morgan fingerprint density at radius 2 is 2.00 bits per heavy atom. The van der Waals surface area contributed by atoms with E-state index >= 15 is 0 Å². The topological polar surface area (TPSA) is 55.5 Å². The van der Waals surface area contributed by atoms with Gasteiger partial charge in [-0.3, -0.25) is 0 Å². The molecule has 0 amide bonds. The van der Waals surface area contributed by atoms with Crippen molar-refractivity contribution < 1.29 is 9.84 Å². The molecule has 0 spiro atoms. The minimum absolute atomic E-state index is 0.345. The maximum atomic E-state index is 9.80. The third-order valence-corrected chi connectivity index (χ3v) is 2.32. The summed E-state index contributed by atoms with van der Waals surface area (Å²) >= 11 is 0. The SMILES string of the molecule is CCCOCCCC(O)(CC)CN. The molecule has 0 aliphatic rings. The van der Waals surface area contributed by atoms with Gasteiger partial charge in [-0.25, -0.2) is 0 Å². The highest BCUT2D eigenvalue weighted by Gasteiger charge is 2.21. The fourth-order valence-electron chi connectivity index (χ4n) is 1.17. The average molecular weight is 189 g/mol. The summed E-state index contributed by atoms with van der Waals surface area (Å²) in [5.74, 6) is 0. The van der Waals surface area contributed by atoms with Crippen molar-refractivity contribution in [2.45, 2.75) is 45.1 Å². The Morgan fingerprint density at radius 1 is 1.31 bits per heavy atom. The van der Waals surface area contributed by atoms with Crippen molar-refractivity contribution >= 4 is 0 Å². The Labute approximate surface area is 81.3 Å². The van der Waals surface area contributed by atoms with Crippen LogP contribution in [0.4, 0.5) is 0 Å². The molecule has 13 heavy (non-hydrogen) atoms. The Morgan fingerprint density at radius 3 is 2.46 bits per heavy atom. The summed E-state index contributed by atoms with van der Waals surface area (Å²) in [6.07, 6.45) is 3.40. The lowest BCUT2D eigenvalue weighted by atomic mass is 9.95. The van der Waals surface area contributed by atoms with Crippen LogP contribution in [0.5, 0.6) is 0 Å². The van der Waals surface area contributed by atoms with Gasteiger partial charge in [-0.2, -0.15) is 0 Å². The summed E-state index contributed by atoms with van der Waals surface area (Å²) in [6, 6.07) is 0. The van der Waals surface area contributed by atoms with E-state index in [1.807, 2.05) is 6.92 Å². The second kappa shape index (κ2) is 7.30. The fraction of sp³-hybridized carbons (Fsp3) is 1.00. The first-order valence-electron chi connectivity index (χ1n) is 5.18. The molecule has 0 radical (unpaired) electrons. The average Bonchev–Trinajstić information content (AvgIpc) is 2.17. The molecule has 0 aromatic carbocycles. The van der Waals surface area contributed by atoms with Gasteiger partial charge >= 0.3 is 0 Å². The predicted octanol–water partition coefficient (Wildman–Crippen LogP) is 1.29. The summed E-state index contributed by atoms with van der Waals surface area (Å²) in [5, 5.41) is 9.80. The highest BCUT2D eigenvalue weighted by atomic mass is 16.5. The Hall–Kier alpha value is -0.120. The summed E-state index contributed by atoms with van der Waals surface area (Å²) in [7, 11) is 0. The molecule has 80 valence electrons. The normalized spacial score (nSPS) is 15.7. The molecule has 0 aromatic heterocycles. The van der Waals surface area contributed by atoms with E-state index in [0.29, 0.717) is 6.54 Å². The second-order valence-corrected chi connectivity index (χ2v) is 3.50. The van der Waals surface area contributed by atoms with Gasteiger partial charge in [0.15, 0.2) is 0 Å². The number of hydrogen-bond acceptors (Lipinski definition) is 3. The minimum Gasteiger partial charge on any atom is -0.389 e. The Kier molecular flexibility index (Phi) is 7.23. The molecule has 0 saturated heterocycles. The smallest absolute Gasteiger partial charge is 0.0767 e. The van der Waals surface area contributed by atoms with Crippen molar-refractivity contribution in [1.82, 2.24) is 0 Å². The molecule has 0 saturated carbocycles. The molecule has 0 aliphatic carbocycles. The van der Waals surface area contributed by atoms with Crippen LogP contribution in [0.2, 0.25) is 0 Å². The van der Waals surface area contributed by atoms with Gasteiger partial charge in [0.25, 0.3) is 0 Å². The van der Waals surface area contributed by atoms with Gasteiger partial charge in [-0.05, 0) is 25.7 Å². The molecule has 3 N–H and O–H groups in total. The van der Waals surface area contributed by atoms with E-state index in [-0.39, 0.29) is 0 Å². The lowest BCUT2D eigenvalue weighted by Gasteiger charge is -2.24. The zero-order valence-electron chi connectivity index (χ0n) is 8.88. The van der Waals surface area contributed by atoms with Crippen molar-refractivity contribution in [3.8, 4) is 0 Å². The number of rotatable bonds is 8. The quantitative estimate of drug-likeness (QED) is 0.566. The maximum absolute atomic E-state index is 9.80. The van der Waals surface area contributed by atoms with Gasteiger partial charge in [0.1, 0.15) is 0 Å². The van der Waals surface area contributed by atoms with Gasteiger partial charge in [-0.1, -0.05) is 13.8 Å². The molecule has 3 nitrogen and oxygen atoms in total. The second-order valence-electron chi connectivity index (χ2n) is 3.50. The van der Waals surface area contributed by atoms with E-state index in [0.717, 1.165) is 38.9 Å². The highest BCUT2D eigenvalue weighted by Crippen LogP contribution is 2.15. The summed E-state index contributed by atoms with van der Waals surface area (Å²) in [6.45, 7) is 5.93. The molecule has 0 aliphatic heterocycles. The van der Waals surface area contributed by atoms with Crippen LogP contribution in [0.1, 0.15) is 39.5 Å². The van der Waals surface area contributed by atoms with E-state index < -0.39 is 5.60 Å². The third kappa shape index (κ3) is 6.02. The summed E-state index contributed by atoms with van der Waals surface area (Å²) < 4.78 is 5.32. The fourth-order valence-corrected chi connectivity index (χ4v) is 1.17. The maximum Gasteiger partial charge on any atom is 0.0767 e. The summed E-state index contributed by atoms with van der Waals surface area (Å²) in [5.41, 5.74) is 4.80. The minimum atomic E-state index is -0.671. The van der Waals surface area contributed by atoms with E-state index in [1.165, 1.54) is 0 Å². The van der Waals surface area contributed by atoms with Crippen molar-refractivity contribution in [1.29, 1.82) is 0 Å². The molecule has 1 atom stereocenters. The lowest BCUT2D eigenvalue weighted by molar-refractivity contribution is 0.0236. The van der Waals surface area contributed by atoms with Gasteiger partial charge < -0.3 is 15.6 Å². The molecule has 0 aromatic rings. The molecule has 0 bridgehead atoms. The van der Waals surface area contributed by atoms with Gasteiger partial charge in [0, 0.05) is 19.8 Å². The first-order chi connectivity index (χ1) is 6.18. The van der Waals surface area contributed by atoms with Crippen molar-refractivity contribution in [2.24, 2.45) is 5.73 Å². The molecule has 0 rings (SSSR count). The number of hydrogen-bond donors (Lipinski definition) is 2. The van der Waals surface area contributed by atoms with E-state index in [9.17, 15) is 5.11 Å². The predicted molar refractivity (Wildman–Crippen MR) is 54.6 cm³/mol. The van der Waals surface area contributed by atoms with Crippen LogP contribution in [0, 0.1) is 0 Å². The standard InChI is InChI=1S/C10H23NO2/c1-3-7-13-8-5-6-10(12,4-2)9-11/h12H,3-9,11H2,1-2H3. The van der Waals surface area contributed by atoms with Crippen LogP contribution >= 0.6 is 0 Å². The van der Waals surface area contributed by atoms with Crippen LogP contribution in [0.3, 0.4) is 0 Å². The molecule has 0 fully saturated rings. The zero-order valence-corrected chi connectivity index (χ0v) is 8.88. The van der Waals surface area contributed by atoms with E-state index in [4.69, 9.17) is 10.5 Å². The number of nitrogens with two attached hydrogens (primary N) is 1. The first-order valence-corrected chi connectivity index (χ1v) is 5.18. The summed E-state index contributed by atoms with van der Waals surface area (Å²) in [4.78, 5) is 0. The van der Waals surface area contributed by atoms with Crippen LogP contribution in [-0.2, 0) is 4.74 Å². The number of ether oxygens (including phenoxy) is 1. The van der Waals surface area contributed by atoms with Crippen LogP contribution in [0.25, 0.3) is 0 Å². The zero-order chi connectivity index (χ0) is 10.2. The van der Waals surface area contributed by atoms with E-state index in [2.05, 4.69) is 6.92 Å². The van der Waals surface area contributed by atoms with Gasteiger partial charge in [0.05, 0.1) is 5.60 Å². The number of aliphatic hydroxyl groups is 1. The van der Waals surface area contributed by atoms with Crippen LogP contribution in [-0.4, -0.2) is 30.5 Å². The lowest BCUT2D eigenvalue weighted by Crippen LogP contribution is -2.37. The molecular formula is C10H23NO2. The first kappa shape index (κ1) is 12.9. The van der Waals surface area contributed by atoms with Gasteiger partial charge in [0.2, 0.25) is 0 Å². The van der Waals surface area contributed by atoms with Crippen molar-refractivity contribution in [3.05, 3.63) is 0 Å². The van der Waals surface area contributed by atoms with Crippen LogP contribution < -0.4 is 5.73 Å². The molecule has 1 unspecified atom stereocenters. The highest BCUT2D eigenvalue weighted by molar-refractivity contribution is 4.77. The van der Waals surface area contributed by atoms with E-state index in [1.54, 1.807) is 0 Å². The Balaban J connectivity index is 3.39. The Bertz CT molecular complexity index is 113. The van der Waals surface area contributed by atoms with Crippen molar-refractivity contribution in [3.63, 3.8) is 0 Å². The van der Waals surface area contributed by atoms with Gasteiger partial charge in [-0.15, -0.1) is 0 Å².